The summed E-state index contributed by atoms with van der Waals surface area (Å²) in [4.78, 5) is 12.9. The second-order valence-electron chi connectivity index (χ2n) is 8.04. The van der Waals surface area contributed by atoms with Gasteiger partial charge in [-0.3, -0.25) is 4.79 Å². The number of rotatable bonds is 7. The van der Waals surface area contributed by atoms with Crippen LogP contribution in [0, 0.1) is 11.7 Å². The van der Waals surface area contributed by atoms with Gasteiger partial charge in [0.15, 0.2) is 17.3 Å². The number of tetrazole rings is 1. The highest BCUT2D eigenvalue weighted by molar-refractivity contribution is 5.96. The van der Waals surface area contributed by atoms with Gasteiger partial charge in [-0.05, 0) is 69.8 Å². The average molecular weight is 459 g/mol. The van der Waals surface area contributed by atoms with Crippen LogP contribution in [0.4, 0.5) is 10.1 Å². The van der Waals surface area contributed by atoms with E-state index in [-0.39, 0.29) is 23.6 Å². The molecule has 34 heavy (non-hydrogen) atoms. The summed E-state index contributed by atoms with van der Waals surface area (Å²) in [6.07, 6.45) is 0.620. The quantitative estimate of drug-likeness (QED) is 0.424. The number of amides is 1. The Morgan fingerprint density at radius 2 is 1.85 bits per heavy atom. The van der Waals surface area contributed by atoms with E-state index in [9.17, 15) is 9.18 Å². The van der Waals surface area contributed by atoms with Crippen LogP contribution < -0.4 is 14.8 Å². The Balaban J connectivity index is 1.43. The number of benzene rings is 3. The van der Waals surface area contributed by atoms with E-state index in [1.165, 1.54) is 6.07 Å². The second kappa shape index (κ2) is 8.93. The first kappa shape index (κ1) is 21.6. The molecular weight excluding hydrogens is 437 g/mol. The smallest absolute Gasteiger partial charge is 0.228 e. The number of halogens is 1. The third kappa shape index (κ3) is 4.07. The lowest BCUT2D eigenvalue weighted by Crippen LogP contribution is -2.14. The van der Waals surface area contributed by atoms with E-state index >= 15 is 0 Å². The van der Waals surface area contributed by atoms with E-state index in [1.54, 1.807) is 32.4 Å². The van der Waals surface area contributed by atoms with Crippen molar-refractivity contribution in [2.24, 2.45) is 5.92 Å². The van der Waals surface area contributed by atoms with Crippen molar-refractivity contribution in [3.05, 3.63) is 72.0 Å². The molecule has 3 aromatic carbocycles. The first-order valence-corrected chi connectivity index (χ1v) is 10.7. The van der Waals surface area contributed by atoms with Gasteiger partial charge in [0.2, 0.25) is 5.91 Å². The molecule has 1 aromatic heterocycles. The number of hydrogen-bond donors (Lipinski definition) is 2. The largest absolute Gasteiger partial charge is 0.493 e. The predicted molar refractivity (Wildman–Crippen MR) is 124 cm³/mol. The normalized spacial score (nSPS) is 16.7. The Kier molecular flexibility index (Phi) is 5.67. The second-order valence-corrected chi connectivity index (χ2v) is 8.04. The van der Waals surface area contributed by atoms with Crippen LogP contribution in [-0.2, 0) is 4.79 Å². The summed E-state index contributed by atoms with van der Waals surface area (Å²) in [5.41, 5.74) is 3.59. The summed E-state index contributed by atoms with van der Waals surface area (Å²) in [6, 6.07) is 17.7. The third-order valence-corrected chi connectivity index (χ3v) is 6.01. The maximum Gasteiger partial charge on any atom is 0.228 e. The molecule has 1 aliphatic rings. The van der Waals surface area contributed by atoms with Gasteiger partial charge in [0, 0.05) is 17.2 Å². The molecular formula is C25H22FN5O3. The summed E-state index contributed by atoms with van der Waals surface area (Å²) in [6.45, 7) is 0. The van der Waals surface area contributed by atoms with Crippen LogP contribution in [-0.4, -0.2) is 40.8 Å². The van der Waals surface area contributed by atoms with Crippen LogP contribution in [0.1, 0.15) is 17.9 Å². The molecule has 1 aliphatic carbocycles. The van der Waals surface area contributed by atoms with Crippen LogP contribution in [0.2, 0.25) is 0 Å². The highest BCUT2D eigenvalue weighted by atomic mass is 19.1. The number of nitrogens with zero attached hydrogens (tertiary/aromatic N) is 3. The molecule has 0 spiro atoms. The fraction of sp³-hybridized carbons (Fsp3) is 0.200. The van der Waals surface area contributed by atoms with Gasteiger partial charge in [-0.1, -0.05) is 30.3 Å². The summed E-state index contributed by atoms with van der Waals surface area (Å²) >= 11 is 0. The van der Waals surface area contributed by atoms with Crippen molar-refractivity contribution in [1.82, 2.24) is 20.6 Å². The van der Waals surface area contributed by atoms with Gasteiger partial charge >= 0.3 is 0 Å². The molecule has 1 amide bonds. The molecule has 5 rings (SSSR count). The monoisotopic (exact) mass is 459 g/mol. The molecule has 0 saturated heterocycles. The van der Waals surface area contributed by atoms with E-state index in [1.807, 2.05) is 36.4 Å². The molecule has 0 unspecified atom stereocenters. The predicted octanol–water partition coefficient (Wildman–Crippen LogP) is 4.43. The first-order valence-electron chi connectivity index (χ1n) is 10.7. The third-order valence-electron chi connectivity index (χ3n) is 6.01. The number of anilines is 1. The van der Waals surface area contributed by atoms with Gasteiger partial charge in [-0.2, -0.15) is 0 Å². The standard InChI is InChI=1S/C25H22FN5O3/c1-33-22-10-7-14(11-23(22)34-2)16-9-8-15(12-19(16)24-28-30-31-29-24)27-25(32)20-13-18(20)17-5-3-4-6-21(17)26/h3-12,18,20H,13H2,1-2H3,(H,27,32)(H,28,29,30,31)/t18-,20+/m0/s1. The zero-order valence-corrected chi connectivity index (χ0v) is 18.6. The number of carbonyl (C=O) groups excluding carboxylic acids is 1. The van der Waals surface area contributed by atoms with Gasteiger partial charge in [-0.25, -0.2) is 9.49 Å². The van der Waals surface area contributed by atoms with Crippen LogP contribution in [0.5, 0.6) is 11.5 Å². The van der Waals surface area contributed by atoms with Gasteiger partial charge in [0.05, 0.1) is 14.2 Å². The van der Waals surface area contributed by atoms with Crippen molar-refractivity contribution in [2.45, 2.75) is 12.3 Å². The number of aromatic nitrogens is 4. The number of aromatic amines is 1. The van der Waals surface area contributed by atoms with Crippen LogP contribution in [0.25, 0.3) is 22.5 Å². The molecule has 0 aliphatic heterocycles. The van der Waals surface area contributed by atoms with Crippen molar-refractivity contribution in [2.75, 3.05) is 19.5 Å². The zero-order valence-electron chi connectivity index (χ0n) is 18.6. The Hall–Kier alpha value is -4.27. The van der Waals surface area contributed by atoms with Crippen molar-refractivity contribution in [3.8, 4) is 34.0 Å². The van der Waals surface area contributed by atoms with Crippen molar-refractivity contribution in [1.29, 1.82) is 0 Å². The van der Waals surface area contributed by atoms with Crippen molar-refractivity contribution >= 4 is 11.6 Å². The van der Waals surface area contributed by atoms with E-state index in [0.717, 1.165) is 11.1 Å². The zero-order chi connectivity index (χ0) is 23.7. The molecule has 0 radical (unpaired) electrons. The minimum Gasteiger partial charge on any atom is -0.493 e. The SMILES string of the molecule is COc1ccc(-c2ccc(NC(=O)[C@@H]3C[C@H]3c3ccccc3F)cc2-c2nnn[nH]2)cc1OC. The number of nitrogens with one attached hydrogen (secondary N) is 2. The molecule has 1 saturated carbocycles. The number of H-pyrrole nitrogens is 1. The Morgan fingerprint density at radius 1 is 1.03 bits per heavy atom. The van der Waals surface area contributed by atoms with Crippen LogP contribution in [0.3, 0.4) is 0 Å². The summed E-state index contributed by atoms with van der Waals surface area (Å²) < 4.78 is 24.9. The fourth-order valence-electron chi connectivity index (χ4n) is 4.19. The molecule has 0 bridgehead atoms. The van der Waals surface area contributed by atoms with E-state index in [4.69, 9.17) is 9.47 Å². The molecule has 2 atom stereocenters. The average Bonchev–Trinajstić information content (AvgIpc) is 3.47. The molecule has 8 nitrogen and oxygen atoms in total. The number of carbonyl (C=O) groups is 1. The van der Waals surface area contributed by atoms with Gasteiger partial charge in [0.1, 0.15) is 5.82 Å². The Morgan fingerprint density at radius 3 is 2.59 bits per heavy atom. The fourth-order valence-corrected chi connectivity index (χ4v) is 4.19. The lowest BCUT2D eigenvalue weighted by Gasteiger charge is -2.14. The lowest BCUT2D eigenvalue weighted by atomic mass is 9.98. The number of hydrogen-bond acceptors (Lipinski definition) is 6. The van der Waals surface area contributed by atoms with Gasteiger partial charge in [0.25, 0.3) is 0 Å². The minimum atomic E-state index is -0.276. The van der Waals surface area contributed by atoms with E-state index < -0.39 is 0 Å². The first-order chi connectivity index (χ1) is 16.6. The molecule has 9 heteroatoms. The molecule has 1 fully saturated rings. The number of ether oxygens (including phenoxy) is 2. The Labute approximate surface area is 195 Å². The maximum absolute atomic E-state index is 14.1. The molecule has 2 N–H and O–H groups in total. The maximum atomic E-state index is 14.1. The van der Waals surface area contributed by atoms with Gasteiger partial charge in [-0.15, -0.1) is 5.10 Å². The van der Waals surface area contributed by atoms with Crippen LogP contribution in [0.15, 0.2) is 60.7 Å². The molecule has 4 aromatic rings. The van der Waals surface area contributed by atoms with Gasteiger partial charge < -0.3 is 14.8 Å². The van der Waals surface area contributed by atoms with E-state index in [0.29, 0.717) is 40.6 Å². The minimum absolute atomic E-state index is 0.106. The molecule has 172 valence electrons. The topological polar surface area (TPSA) is 102 Å². The van der Waals surface area contributed by atoms with E-state index in [2.05, 4.69) is 25.9 Å². The number of methoxy groups -OCH3 is 2. The molecule has 1 heterocycles. The summed E-state index contributed by atoms with van der Waals surface area (Å²) in [5, 5.41) is 17.2. The van der Waals surface area contributed by atoms with Crippen LogP contribution >= 0.6 is 0 Å². The van der Waals surface area contributed by atoms with Crippen molar-refractivity contribution < 1.29 is 18.7 Å². The summed E-state index contributed by atoms with van der Waals surface area (Å²) in [5.74, 6) is 0.870. The summed E-state index contributed by atoms with van der Waals surface area (Å²) in [7, 11) is 3.16. The highest BCUT2D eigenvalue weighted by Crippen LogP contribution is 2.49. The lowest BCUT2D eigenvalue weighted by molar-refractivity contribution is -0.117. The van der Waals surface area contributed by atoms with Crippen molar-refractivity contribution in [3.63, 3.8) is 0 Å². The Bertz CT molecular complexity index is 1340. The highest BCUT2D eigenvalue weighted by Gasteiger charge is 2.45.